The Morgan fingerprint density at radius 2 is 2.10 bits per heavy atom. The van der Waals surface area contributed by atoms with E-state index >= 15 is 0 Å². The molecule has 0 bridgehead atoms. The van der Waals surface area contributed by atoms with Crippen LogP contribution >= 0.6 is 0 Å². The Morgan fingerprint density at radius 3 is 2.77 bits per heavy atom. The minimum atomic E-state index is -1.29. The number of carbonyl (C=O) groups is 2. The topological polar surface area (TPSA) is 89.6 Å². The van der Waals surface area contributed by atoms with Gasteiger partial charge in [-0.25, -0.2) is 4.39 Å². The summed E-state index contributed by atoms with van der Waals surface area (Å²) < 4.78 is 25.4. The quantitative estimate of drug-likeness (QED) is 0.629. The second-order valence-electron chi connectivity index (χ2n) is 7.19. The molecule has 1 unspecified atom stereocenters. The standard InChI is InChI=1S/C21H21FN4O4/c1-21(20(28)23-9-11-29-2)13-25-17(12-16(24-25)18-4-3-10-30-18)19(27)26(21)15-7-5-14(22)6-8-15/h3-8,10,12H,9,11,13H2,1-2H3,(H,23,28). The molecule has 1 aliphatic heterocycles. The molecule has 156 valence electrons. The molecule has 9 heteroatoms. The highest BCUT2D eigenvalue weighted by Crippen LogP contribution is 2.34. The fourth-order valence-electron chi connectivity index (χ4n) is 3.58. The predicted molar refractivity (Wildman–Crippen MR) is 106 cm³/mol. The number of fused-ring (bicyclic) bond motifs is 1. The zero-order valence-electron chi connectivity index (χ0n) is 16.6. The molecule has 0 spiro atoms. The molecule has 3 heterocycles. The van der Waals surface area contributed by atoms with Crippen LogP contribution in [0.1, 0.15) is 17.4 Å². The van der Waals surface area contributed by atoms with Crippen LogP contribution in [0.4, 0.5) is 10.1 Å². The van der Waals surface area contributed by atoms with Gasteiger partial charge in [0.2, 0.25) is 5.91 Å². The fourth-order valence-corrected chi connectivity index (χ4v) is 3.58. The first-order valence-corrected chi connectivity index (χ1v) is 9.43. The van der Waals surface area contributed by atoms with Crippen LogP contribution in [0.15, 0.2) is 53.1 Å². The molecule has 2 aromatic heterocycles. The highest BCUT2D eigenvalue weighted by atomic mass is 19.1. The molecular formula is C21H21FN4O4. The third-order valence-corrected chi connectivity index (χ3v) is 5.09. The van der Waals surface area contributed by atoms with E-state index in [0.29, 0.717) is 36.0 Å². The summed E-state index contributed by atoms with van der Waals surface area (Å²) in [7, 11) is 1.54. The Morgan fingerprint density at radius 1 is 1.33 bits per heavy atom. The molecule has 30 heavy (non-hydrogen) atoms. The van der Waals surface area contributed by atoms with E-state index in [4.69, 9.17) is 9.15 Å². The van der Waals surface area contributed by atoms with E-state index in [1.807, 2.05) is 0 Å². The van der Waals surface area contributed by atoms with Crippen LogP contribution in [0.25, 0.3) is 11.5 Å². The second-order valence-corrected chi connectivity index (χ2v) is 7.19. The largest absolute Gasteiger partial charge is 0.463 e. The summed E-state index contributed by atoms with van der Waals surface area (Å²) in [6.45, 7) is 2.40. The lowest BCUT2D eigenvalue weighted by Crippen LogP contribution is -2.64. The number of hydrogen-bond acceptors (Lipinski definition) is 5. The number of furan rings is 1. The van der Waals surface area contributed by atoms with Gasteiger partial charge in [-0.2, -0.15) is 5.10 Å². The van der Waals surface area contributed by atoms with E-state index in [1.54, 1.807) is 25.1 Å². The van der Waals surface area contributed by atoms with E-state index < -0.39 is 17.3 Å². The van der Waals surface area contributed by atoms with E-state index in [9.17, 15) is 14.0 Å². The molecule has 1 aromatic carbocycles. The molecule has 1 atom stereocenters. The average molecular weight is 412 g/mol. The number of nitrogens with zero attached hydrogens (tertiary/aromatic N) is 3. The van der Waals surface area contributed by atoms with Gasteiger partial charge >= 0.3 is 0 Å². The first-order valence-electron chi connectivity index (χ1n) is 9.43. The van der Waals surface area contributed by atoms with Crippen molar-refractivity contribution in [1.82, 2.24) is 15.1 Å². The number of halogens is 1. The minimum absolute atomic E-state index is 0.116. The van der Waals surface area contributed by atoms with Crippen LogP contribution in [0.2, 0.25) is 0 Å². The molecule has 0 radical (unpaired) electrons. The van der Waals surface area contributed by atoms with E-state index in [1.165, 1.54) is 47.2 Å². The van der Waals surface area contributed by atoms with Crippen molar-refractivity contribution in [2.45, 2.75) is 19.0 Å². The number of aromatic nitrogens is 2. The van der Waals surface area contributed by atoms with E-state index in [-0.39, 0.29) is 12.5 Å². The summed E-state index contributed by atoms with van der Waals surface area (Å²) in [6.07, 6.45) is 1.52. The number of hydrogen-bond donors (Lipinski definition) is 1. The first-order chi connectivity index (χ1) is 14.4. The van der Waals surface area contributed by atoms with Crippen LogP contribution < -0.4 is 10.2 Å². The van der Waals surface area contributed by atoms with E-state index in [0.717, 1.165) is 0 Å². The maximum Gasteiger partial charge on any atom is 0.277 e. The van der Waals surface area contributed by atoms with Gasteiger partial charge in [0, 0.05) is 25.4 Å². The predicted octanol–water partition coefficient (Wildman–Crippen LogP) is 2.46. The minimum Gasteiger partial charge on any atom is -0.463 e. The molecule has 1 N–H and O–H groups in total. The van der Waals surface area contributed by atoms with Crippen LogP contribution in [-0.2, 0) is 16.1 Å². The van der Waals surface area contributed by atoms with Crippen LogP contribution in [-0.4, -0.2) is 47.4 Å². The Balaban J connectivity index is 1.77. The van der Waals surface area contributed by atoms with Crippen molar-refractivity contribution >= 4 is 17.5 Å². The molecule has 2 amide bonds. The number of amides is 2. The molecule has 0 aliphatic carbocycles. The van der Waals surface area contributed by atoms with Crippen molar-refractivity contribution in [1.29, 1.82) is 0 Å². The number of benzene rings is 1. The summed E-state index contributed by atoms with van der Waals surface area (Å²) in [4.78, 5) is 28.0. The lowest BCUT2D eigenvalue weighted by atomic mass is 9.94. The monoisotopic (exact) mass is 412 g/mol. The third-order valence-electron chi connectivity index (χ3n) is 5.09. The van der Waals surface area contributed by atoms with E-state index in [2.05, 4.69) is 10.4 Å². The highest BCUT2D eigenvalue weighted by Gasteiger charge is 2.48. The van der Waals surface area contributed by atoms with Gasteiger partial charge in [0.1, 0.15) is 22.7 Å². The van der Waals surface area contributed by atoms with Crippen LogP contribution in [0.5, 0.6) is 0 Å². The number of carbonyl (C=O) groups excluding carboxylic acids is 2. The maximum absolute atomic E-state index is 13.5. The Labute approximate surface area is 172 Å². The molecular weight excluding hydrogens is 391 g/mol. The van der Waals surface area contributed by atoms with Crippen LogP contribution in [0.3, 0.4) is 0 Å². The summed E-state index contributed by atoms with van der Waals surface area (Å²) in [5.74, 6) is -0.690. The van der Waals surface area contributed by atoms with Crippen molar-refractivity contribution in [3.05, 3.63) is 60.2 Å². The van der Waals surface area contributed by atoms with Crippen LogP contribution in [0, 0.1) is 5.82 Å². The molecule has 8 nitrogen and oxygen atoms in total. The Hall–Kier alpha value is -3.46. The average Bonchev–Trinajstić information content (AvgIpc) is 3.39. The van der Waals surface area contributed by atoms with Gasteiger partial charge in [0.25, 0.3) is 5.91 Å². The van der Waals surface area contributed by atoms with Gasteiger partial charge in [0.05, 0.1) is 19.4 Å². The van der Waals surface area contributed by atoms with Gasteiger partial charge in [0.15, 0.2) is 5.76 Å². The number of nitrogens with one attached hydrogen (secondary N) is 1. The normalized spacial score (nSPS) is 18.4. The SMILES string of the molecule is COCCNC(=O)C1(C)Cn2nc(-c3ccco3)cc2C(=O)N1c1ccc(F)cc1. The Bertz CT molecular complexity index is 1060. The highest BCUT2D eigenvalue weighted by molar-refractivity contribution is 6.12. The van der Waals surface area contributed by atoms with Gasteiger partial charge < -0.3 is 14.5 Å². The van der Waals surface area contributed by atoms with Gasteiger partial charge in [-0.3, -0.25) is 19.2 Å². The molecule has 0 saturated carbocycles. The van der Waals surface area contributed by atoms with Crippen molar-refractivity contribution in [2.24, 2.45) is 0 Å². The van der Waals surface area contributed by atoms with Gasteiger partial charge in [-0.1, -0.05) is 0 Å². The molecule has 3 aromatic rings. The fraction of sp³-hybridized carbons (Fsp3) is 0.286. The number of ether oxygens (including phenoxy) is 1. The third kappa shape index (κ3) is 3.37. The van der Waals surface area contributed by atoms with Crippen molar-refractivity contribution in [2.75, 3.05) is 25.2 Å². The van der Waals surface area contributed by atoms with Crippen molar-refractivity contribution in [3.8, 4) is 11.5 Å². The molecule has 0 fully saturated rings. The van der Waals surface area contributed by atoms with Gasteiger partial charge in [-0.15, -0.1) is 0 Å². The lowest BCUT2D eigenvalue weighted by molar-refractivity contribution is -0.126. The molecule has 4 rings (SSSR count). The number of rotatable bonds is 6. The van der Waals surface area contributed by atoms with Crippen molar-refractivity contribution < 1.29 is 23.1 Å². The maximum atomic E-state index is 13.5. The van der Waals surface area contributed by atoms with Gasteiger partial charge in [-0.05, 0) is 43.3 Å². The molecule has 1 aliphatic rings. The summed E-state index contributed by atoms with van der Waals surface area (Å²) >= 11 is 0. The number of methoxy groups -OCH3 is 1. The smallest absolute Gasteiger partial charge is 0.277 e. The van der Waals surface area contributed by atoms with Crippen molar-refractivity contribution in [3.63, 3.8) is 0 Å². The summed E-state index contributed by atoms with van der Waals surface area (Å²) in [5.41, 5.74) is -0.0700. The zero-order chi connectivity index (χ0) is 21.3. The lowest BCUT2D eigenvalue weighted by Gasteiger charge is -2.43. The zero-order valence-corrected chi connectivity index (χ0v) is 16.6. The summed E-state index contributed by atoms with van der Waals surface area (Å²) in [5, 5.41) is 7.27. The Kier molecular flexibility index (Phi) is 5.13. The first kappa shape index (κ1) is 19.8. The summed E-state index contributed by atoms with van der Waals surface area (Å²) in [6, 6.07) is 10.6. The second kappa shape index (κ2) is 7.75. The molecule has 0 saturated heterocycles. The number of anilines is 1.